The predicted octanol–water partition coefficient (Wildman–Crippen LogP) is 3.40. The van der Waals surface area contributed by atoms with Crippen molar-refractivity contribution in [3.8, 4) is 0 Å². The van der Waals surface area contributed by atoms with E-state index in [0.717, 1.165) is 35.1 Å². The molecular weight excluding hydrogens is 356 g/mol. The van der Waals surface area contributed by atoms with Gasteiger partial charge in [0, 0.05) is 30.0 Å². The molecular formula is C17H19BrN4O. The fraction of sp³-hybridized carbons (Fsp3) is 0.353. The highest BCUT2D eigenvalue weighted by molar-refractivity contribution is 9.10. The van der Waals surface area contributed by atoms with E-state index in [0.29, 0.717) is 12.4 Å². The molecule has 120 valence electrons. The van der Waals surface area contributed by atoms with Crippen LogP contribution in [0.3, 0.4) is 0 Å². The Hall–Kier alpha value is -1.95. The van der Waals surface area contributed by atoms with Gasteiger partial charge in [0.15, 0.2) is 0 Å². The van der Waals surface area contributed by atoms with Crippen molar-refractivity contribution in [2.45, 2.75) is 19.8 Å². The maximum Gasteiger partial charge on any atom is 0.230 e. The number of amides is 1. The Morgan fingerprint density at radius 1 is 1.35 bits per heavy atom. The van der Waals surface area contributed by atoms with Gasteiger partial charge in [0.05, 0.1) is 17.8 Å². The van der Waals surface area contributed by atoms with Gasteiger partial charge in [0.2, 0.25) is 5.91 Å². The summed E-state index contributed by atoms with van der Waals surface area (Å²) in [5.41, 5.74) is 2.12. The first-order chi connectivity index (χ1) is 11.1. The SMILES string of the molecule is Cc1ccc(NC(=O)C2CCCN(c3cncc(Br)c3)C2)nc1. The molecule has 1 N–H and O–H groups in total. The molecule has 1 fully saturated rings. The molecule has 6 heteroatoms. The third-order valence-electron chi connectivity index (χ3n) is 4.01. The van der Waals surface area contributed by atoms with E-state index in [1.165, 1.54) is 0 Å². The van der Waals surface area contributed by atoms with E-state index in [4.69, 9.17) is 0 Å². The lowest BCUT2D eigenvalue weighted by atomic mass is 9.97. The summed E-state index contributed by atoms with van der Waals surface area (Å²) < 4.78 is 0.949. The Kier molecular flexibility index (Phi) is 4.91. The highest BCUT2D eigenvalue weighted by Crippen LogP contribution is 2.25. The molecule has 5 nitrogen and oxygen atoms in total. The minimum Gasteiger partial charge on any atom is -0.369 e. The largest absolute Gasteiger partial charge is 0.369 e. The molecule has 0 saturated carbocycles. The van der Waals surface area contributed by atoms with Crippen LogP contribution in [0.2, 0.25) is 0 Å². The molecule has 1 unspecified atom stereocenters. The Bertz CT molecular complexity index is 689. The molecule has 1 saturated heterocycles. The van der Waals surface area contributed by atoms with Crippen molar-refractivity contribution in [1.82, 2.24) is 9.97 Å². The van der Waals surface area contributed by atoms with Gasteiger partial charge in [0.25, 0.3) is 0 Å². The lowest BCUT2D eigenvalue weighted by Gasteiger charge is -2.33. The van der Waals surface area contributed by atoms with Crippen LogP contribution in [0, 0.1) is 12.8 Å². The molecule has 0 bridgehead atoms. The van der Waals surface area contributed by atoms with Crippen molar-refractivity contribution in [2.75, 3.05) is 23.3 Å². The molecule has 3 heterocycles. The standard InChI is InChI=1S/C17H19BrN4O/c1-12-4-5-16(20-8-12)21-17(23)13-3-2-6-22(11-13)15-7-14(18)9-19-10-15/h4-5,7-10,13H,2-3,6,11H2,1H3,(H,20,21,23). The Morgan fingerprint density at radius 2 is 2.22 bits per heavy atom. The number of hydrogen-bond acceptors (Lipinski definition) is 4. The van der Waals surface area contributed by atoms with Gasteiger partial charge in [-0.1, -0.05) is 6.07 Å². The van der Waals surface area contributed by atoms with Crippen LogP contribution in [0.4, 0.5) is 11.5 Å². The molecule has 0 spiro atoms. The third kappa shape index (κ3) is 4.07. The van der Waals surface area contributed by atoms with Crippen LogP contribution in [-0.4, -0.2) is 29.0 Å². The highest BCUT2D eigenvalue weighted by Gasteiger charge is 2.26. The summed E-state index contributed by atoms with van der Waals surface area (Å²) in [6, 6.07) is 5.82. The summed E-state index contributed by atoms with van der Waals surface area (Å²) in [5, 5.41) is 2.92. The molecule has 2 aromatic rings. The van der Waals surface area contributed by atoms with Gasteiger partial charge in [-0.15, -0.1) is 0 Å². The van der Waals surface area contributed by atoms with Crippen LogP contribution in [0.5, 0.6) is 0 Å². The molecule has 23 heavy (non-hydrogen) atoms. The smallest absolute Gasteiger partial charge is 0.230 e. The monoisotopic (exact) mass is 374 g/mol. The molecule has 1 atom stereocenters. The third-order valence-corrected chi connectivity index (χ3v) is 4.44. The number of rotatable bonds is 3. The van der Waals surface area contributed by atoms with E-state index in [1.807, 2.05) is 31.3 Å². The Balaban J connectivity index is 1.65. The van der Waals surface area contributed by atoms with Crippen molar-refractivity contribution < 1.29 is 4.79 Å². The molecule has 2 aromatic heterocycles. The summed E-state index contributed by atoms with van der Waals surface area (Å²) in [6.07, 6.45) is 7.25. The van der Waals surface area contributed by atoms with Crippen molar-refractivity contribution in [2.24, 2.45) is 5.92 Å². The number of nitrogens with zero attached hydrogens (tertiary/aromatic N) is 3. The van der Waals surface area contributed by atoms with Crippen molar-refractivity contribution in [1.29, 1.82) is 0 Å². The van der Waals surface area contributed by atoms with E-state index in [2.05, 4.69) is 36.1 Å². The molecule has 1 aliphatic rings. The summed E-state index contributed by atoms with van der Waals surface area (Å²) in [6.45, 7) is 3.63. The normalized spacial score (nSPS) is 17.8. The van der Waals surface area contributed by atoms with Gasteiger partial charge in [0.1, 0.15) is 5.82 Å². The number of anilines is 2. The predicted molar refractivity (Wildman–Crippen MR) is 94.5 cm³/mol. The van der Waals surface area contributed by atoms with Crippen LogP contribution in [0.15, 0.2) is 41.3 Å². The van der Waals surface area contributed by atoms with E-state index in [9.17, 15) is 4.79 Å². The van der Waals surface area contributed by atoms with Gasteiger partial charge in [-0.2, -0.15) is 0 Å². The number of hydrogen-bond donors (Lipinski definition) is 1. The second kappa shape index (κ2) is 7.08. The van der Waals surface area contributed by atoms with Gasteiger partial charge >= 0.3 is 0 Å². The number of carbonyl (C=O) groups is 1. The number of piperidine rings is 1. The second-order valence-electron chi connectivity index (χ2n) is 5.86. The van der Waals surface area contributed by atoms with Crippen LogP contribution >= 0.6 is 15.9 Å². The van der Waals surface area contributed by atoms with Crippen molar-refractivity contribution in [3.63, 3.8) is 0 Å². The topological polar surface area (TPSA) is 58.1 Å². The minimum absolute atomic E-state index is 0.0361. The molecule has 3 rings (SSSR count). The van der Waals surface area contributed by atoms with E-state index < -0.39 is 0 Å². The van der Waals surface area contributed by atoms with Crippen LogP contribution in [0.1, 0.15) is 18.4 Å². The van der Waals surface area contributed by atoms with Crippen LogP contribution in [0.25, 0.3) is 0 Å². The van der Waals surface area contributed by atoms with Crippen molar-refractivity contribution >= 4 is 33.3 Å². The molecule has 0 aromatic carbocycles. The van der Waals surface area contributed by atoms with Gasteiger partial charge in [-0.3, -0.25) is 9.78 Å². The number of aryl methyl sites for hydroxylation is 1. The number of aromatic nitrogens is 2. The molecule has 1 amide bonds. The zero-order valence-electron chi connectivity index (χ0n) is 13.0. The second-order valence-corrected chi connectivity index (χ2v) is 6.77. The average molecular weight is 375 g/mol. The number of carbonyl (C=O) groups excluding carboxylic acids is 1. The van der Waals surface area contributed by atoms with E-state index >= 15 is 0 Å². The lowest BCUT2D eigenvalue weighted by Crippen LogP contribution is -2.40. The summed E-state index contributed by atoms with van der Waals surface area (Å²) >= 11 is 3.45. The lowest BCUT2D eigenvalue weighted by molar-refractivity contribution is -0.120. The highest BCUT2D eigenvalue weighted by atomic mass is 79.9. The molecule has 0 radical (unpaired) electrons. The molecule has 1 aliphatic heterocycles. The zero-order valence-corrected chi connectivity index (χ0v) is 14.6. The Morgan fingerprint density at radius 3 is 2.96 bits per heavy atom. The van der Waals surface area contributed by atoms with E-state index in [1.54, 1.807) is 12.4 Å². The van der Waals surface area contributed by atoms with E-state index in [-0.39, 0.29) is 11.8 Å². The first-order valence-corrected chi connectivity index (χ1v) is 8.50. The number of nitrogens with one attached hydrogen (secondary N) is 1. The minimum atomic E-state index is -0.0363. The zero-order chi connectivity index (χ0) is 16.2. The number of pyridine rings is 2. The van der Waals surface area contributed by atoms with Gasteiger partial charge in [-0.25, -0.2) is 4.98 Å². The fourth-order valence-electron chi connectivity index (χ4n) is 2.77. The Labute approximate surface area is 144 Å². The maximum atomic E-state index is 12.5. The average Bonchev–Trinajstić information content (AvgIpc) is 2.57. The summed E-state index contributed by atoms with van der Waals surface area (Å²) in [7, 11) is 0. The first-order valence-electron chi connectivity index (χ1n) is 7.71. The first kappa shape index (κ1) is 15.9. The maximum absolute atomic E-state index is 12.5. The van der Waals surface area contributed by atoms with Crippen molar-refractivity contribution in [3.05, 3.63) is 46.8 Å². The number of halogens is 1. The van der Waals surface area contributed by atoms with Gasteiger partial charge in [-0.05, 0) is 53.4 Å². The summed E-state index contributed by atoms with van der Waals surface area (Å²) in [5.74, 6) is 0.613. The van der Waals surface area contributed by atoms with Gasteiger partial charge < -0.3 is 10.2 Å². The fourth-order valence-corrected chi connectivity index (χ4v) is 3.12. The quantitative estimate of drug-likeness (QED) is 0.894. The van der Waals surface area contributed by atoms with Crippen LogP contribution < -0.4 is 10.2 Å². The van der Waals surface area contributed by atoms with Crippen LogP contribution in [-0.2, 0) is 4.79 Å². The summed E-state index contributed by atoms with van der Waals surface area (Å²) in [4.78, 5) is 23.2. The molecule has 0 aliphatic carbocycles.